The molecule has 0 unspecified atom stereocenters. The summed E-state index contributed by atoms with van der Waals surface area (Å²) in [5, 5.41) is 11.8. The van der Waals surface area contributed by atoms with E-state index in [1.807, 2.05) is 53.9 Å². The summed E-state index contributed by atoms with van der Waals surface area (Å²) in [5.74, 6) is 0.182. The summed E-state index contributed by atoms with van der Waals surface area (Å²) >= 11 is 0. The van der Waals surface area contributed by atoms with Gasteiger partial charge in [-0.25, -0.2) is 10.1 Å². The van der Waals surface area contributed by atoms with Crippen LogP contribution in [0, 0.1) is 6.92 Å². The molecule has 30 heavy (non-hydrogen) atoms. The van der Waals surface area contributed by atoms with Gasteiger partial charge in [0.2, 0.25) is 0 Å². The molecule has 0 atom stereocenters. The first kappa shape index (κ1) is 18.5. The number of nitrogens with one attached hydrogen (secondary N) is 2. The van der Waals surface area contributed by atoms with Crippen molar-refractivity contribution in [2.24, 2.45) is 0 Å². The number of nitrogens with zero attached hydrogens (tertiary/aromatic N) is 3. The second-order valence-electron chi connectivity index (χ2n) is 8.08. The normalized spacial score (nSPS) is 19.2. The Labute approximate surface area is 173 Å². The molecule has 5 rings (SSSR count). The maximum absolute atomic E-state index is 12.8. The molecular formula is C23H23N5O2. The molecule has 7 nitrogen and oxygen atoms in total. The number of benzene rings is 1. The first-order valence-corrected chi connectivity index (χ1v) is 10.3. The van der Waals surface area contributed by atoms with Crippen molar-refractivity contribution < 1.29 is 4.79 Å². The van der Waals surface area contributed by atoms with Gasteiger partial charge in [-0.3, -0.25) is 14.0 Å². The second-order valence-corrected chi connectivity index (χ2v) is 8.08. The highest BCUT2D eigenvalue weighted by atomic mass is 16.2. The van der Waals surface area contributed by atoms with Gasteiger partial charge >= 0.3 is 0 Å². The van der Waals surface area contributed by atoms with Crippen molar-refractivity contribution in [1.29, 1.82) is 0 Å². The number of carbonyl (C=O) groups excluding carboxylic acids is 1. The van der Waals surface area contributed by atoms with Gasteiger partial charge in [0.15, 0.2) is 0 Å². The molecule has 3 aromatic heterocycles. The highest BCUT2D eigenvalue weighted by Crippen LogP contribution is 2.34. The molecule has 1 aliphatic carbocycles. The highest BCUT2D eigenvalue weighted by Gasteiger charge is 2.27. The number of aryl methyl sites for hydroxylation is 1. The van der Waals surface area contributed by atoms with Gasteiger partial charge in [-0.2, -0.15) is 5.10 Å². The van der Waals surface area contributed by atoms with Crippen LogP contribution in [0.3, 0.4) is 0 Å². The Morgan fingerprint density at radius 3 is 2.70 bits per heavy atom. The minimum absolute atomic E-state index is 0.0950. The van der Waals surface area contributed by atoms with Gasteiger partial charge in [-0.15, -0.1) is 0 Å². The van der Waals surface area contributed by atoms with Gasteiger partial charge in [0.25, 0.3) is 11.5 Å². The smallest absolute Gasteiger partial charge is 0.272 e. The Morgan fingerprint density at radius 1 is 1.13 bits per heavy atom. The number of rotatable bonds is 3. The number of H-pyrrole nitrogens is 1. The van der Waals surface area contributed by atoms with E-state index in [2.05, 4.69) is 20.5 Å². The Kier molecular flexibility index (Phi) is 4.58. The minimum atomic E-state index is -0.154. The lowest BCUT2D eigenvalue weighted by molar-refractivity contribution is 0.0919. The molecule has 2 N–H and O–H groups in total. The molecule has 0 spiro atoms. The number of fused-ring (bicyclic) bond motifs is 2. The van der Waals surface area contributed by atoms with Gasteiger partial charge in [0.05, 0.1) is 17.3 Å². The predicted molar refractivity (Wildman–Crippen MR) is 115 cm³/mol. The van der Waals surface area contributed by atoms with E-state index in [1.54, 1.807) is 6.20 Å². The Hall–Kier alpha value is -3.48. The van der Waals surface area contributed by atoms with Crippen molar-refractivity contribution in [3.05, 3.63) is 76.1 Å². The Balaban J connectivity index is 1.29. The molecular weight excluding hydrogens is 378 g/mol. The number of carbonyl (C=O) groups is 1. The van der Waals surface area contributed by atoms with E-state index in [0.717, 1.165) is 48.0 Å². The first-order valence-electron chi connectivity index (χ1n) is 10.3. The summed E-state index contributed by atoms with van der Waals surface area (Å²) < 4.78 is 1.82. The van der Waals surface area contributed by atoms with Crippen LogP contribution in [-0.4, -0.2) is 31.5 Å². The number of hydrogen-bond donors (Lipinski definition) is 2. The first-order chi connectivity index (χ1) is 14.6. The molecule has 1 fully saturated rings. The summed E-state index contributed by atoms with van der Waals surface area (Å²) in [6, 6.07) is 11.7. The van der Waals surface area contributed by atoms with E-state index >= 15 is 0 Å². The van der Waals surface area contributed by atoms with E-state index in [9.17, 15) is 9.59 Å². The third kappa shape index (κ3) is 3.26. The Bertz CT molecular complexity index is 1300. The summed E-state index contributed by atoms with van der Waals surface area (Å²) in [6.45, 7) is 2.01. The molecule has 1 amide bonds. The molecule has 152 valence electrons. The number of aromatic nitrogens is 4. The molecule has 0 bridgehead atoms. The van der Waals surface area contributed by atoms with Crippen molar-refractivity contribution in [2.75, 3.05) is 0 Å². The predicted octanol–water partition coefficient (Wildman–Crippen LogP) is 3.34. The van der Waals surface area contributed by atoms with Crippen LogP contribution in [0.15, 0.2) is 53.6 Å². The molecule has 3 heterocycles. The van der Waals surface area contributed by atoms with Crippen molar-refractivity contribution >= 4 is 22.3 Å². The number of aromatic amines is 1. The summed E-state index contributed by atoms with van der Waals surface area (Å²) in [7, 11) is 0. The number of hydrogen-bond acceptors (Lipinski definition) is 4. The maximum atomic E-state index is 12.8. The average molecular weight is 401 g/mol. The number of amides is 1. The standard InChI is InChI=1S/C23H23N5O2/c1-14-10-11-28-19(13-24-20(28)12-14)23(30)25-16-8-6-15(7-9-16)21-17-4-2-3-5-18(17)22(29)27-26-21/h2-5,10-13,15-16H,6-9H2,1H3,(H,25,30)(H,27,29)/t15-,16-. The van der Waals surface area contributed by atoms with Gasteiger partial charge < -0.3 is 5.32 Å². The van der Waals surface area contributed by atoms with E-state index in [0.29, 0.717) is 11.1 Å². The van der Waals surface area contributed by atoms with E-state index in [1.165, 1.54) is 0 Å². The minimum Gasteiger partial charge on any atom is -0.348 e. The third-order valence-corrected chi connectivity index (χ3v) is 6.08. The van der Waals surface area contributed by atoms with Crippen LogP contribution in [0.4, 0.5) is 0 Å². The van der Waals surface area contributed by atoms with Crippen molar-refractivity contribution in [3.8, 4) is 0 Å². The van der Waals surface area contributed by atoms with Gasteiger partial charge in [0, 0.05) is 23.5 Å². The lowest BCUT2D eigenvalue weighted by atomic mass is 9.82. The van der Waals surface area contributed by atoms with Crippen molar-refractivity contribution in [2.45, 2.75) is 44.6 Å². The zero-order valence-electron chi connectivity index (χ0n) is 16.8. The number of imidazole rings is 1. The molecule has 1 aliphatic rings. The lowest BCUT2D eigenvalue weighted by Gasteiger charge is -2.29. The third-order valence-electron chi connectivity index (χ3n) is 6.08. The molecule has 7 heteroatoms. The van der Waals surface area contributed by atoms with Gasteiger partial charge in [-0.1, -0.05) is 18.2 Å². The summed E-state index contributed by atoms with van der Waals surface area (Å²) in [5.41, 5.74) is 3.24. The zero-order chi connectivity index (χ0) is 20.7. The fraction of sp³-hybridized carbons (Fsp3) is 0.304. The average Bonchev–Trinajstić information content (AvgIpc) is 3.18. The van der Waals surface area contributed by atoms with Crippen LogP contribution in [0.25, 0.3) is 16.4 Å². The SMILES string of the molecule is Cc1ccn2c(C(=O)N[C@H]3CC[C@H](c4n[nH]c(=O)c5ccccc54)CC3)cnc2c1. The van der Waals surface area contributed by atoms with Crippen LogP contribution in [0.5, 0.6) is 0 Å². The second kappa shape index (κ2) is 7.40. The quantitative estimate of drug-likeness (QED) is 0.551. The van der Waals surface area contributed by atoms with Crippen LogP contribution >= 0.6 is 0 Å². The fourth-order valence-electron chi connectivity index (χ4n) is 4.47. The lowest BCUT2D eigenvalue weighted by Crippen LogP contribution is -2.38. The topological polar surface area (TPSA) is 92.1 Å². The van der Waals surface area contributed by atoms with E-state index in [-0.39, 0.29) is 23.4 Å². The molecule has 1 saturated carbocycles. The van der Waals surface area contributed by atoms with E-state index < -0.39 is 0 Å². The number of pyridine rings is 1. The fourth-order valence-corrected chi connectivity index (χ4v) is 4.47. The van der Waals surface area contributed by atoms with Crippen LogP contribution in [-0.2, 0) is 0 Å². The van der Waals surface area contributed by atoms with Crippen molar-refractivity contribution in [1.82, 2.24) is 24.9 Å². The maximum Gasteiger partial charge on any atom is 0.272 e. The largest absolute Gasteiger partial charge is 0.348 e. The monoisotopic (exact) mass is 401 g/mol. The van der Waals surface area contributed by atoms with Crippen molar-refractivity contribution in [3.63, 3.8) is 0 Å². The molecule has 4 aromatic rings. The molecule has 1 aromatic carbocycles. The summed E-state index contributed by atoms with van der Waals surface area (Å²) in [6.07, 6.45) is 7.10. The molecule has 0 aliphatic heterocycles. The van der Waals surface area contributed by atoms with Gasteiger partial charge in [-0.05, 0) is 56.4 Å². The molecule has 0 saturated heterocycles. The Morgan fingerprint density at radius 2 is 1.90 bits per heavy atom. The summed E-state index contributed by atoms with van der Waals surface area (Å²) in [4.78, 5) is 29.2. The highest BCUT2D eigenvalue weighted by molar-refractivity contribution is 5.93. The molecule has 0 radical (unpaired) electrons. The van der Waals surface area contributed by atoms with Crippen LogP contribution in [0.1, 0.15) is 53.3 Å². The zero-order valence-corrected chi connectivity index (χ0v) is 16.8. The van der Waals surface area contributed by atoms with Crippen LogP contribution < -0.4 is 10.9 Å². The van der Waals surface area contributed by atoms with Gasteiger partial charge in [0.1, 0.15) is 11.3 Å². The van der Waals surface area contributed by atoms with Crippen LogP contribution in [0.2, 0.25) is 0 Å². The van der Waals surface area contributed by atoms with E-state index in [4.69, 9.17) is 0 Å².